The van der Waals surface area contributed by atoms with Crippen LogP contribution in [0, 0.1) is 5.41 Å². The Labute approximate surface area is 130 Å². The molecule has 1 spiro atoms. The zero-order valence-electron chi connectivity index (χ0n) is 11.6. The molecule has 0 unspecified atom stereocenters. The lowest BCUT2D eigenvalue weighted by Crippen LogP contribution is -2.35. The third-order valence-electron chi connectivity index (χ3n) is 5.00. The van der Waals surface area contributed by atoms with Crippen LogP contribution in [-0.2, 0) is 0 Å². The van der Waals surface area contributed by atoms with E-state index in [1.54, 1.807) is 12.3 Å². The molecule has 1 aromatic heterocycles. The van der Waals surface area contributed by atoms with E-state index in [1.165, 1.54) is 25.7 Å². The van der Waals surface area contributed by atoms with Gasteiger partial charge in [-0.05, 0) is 59.2 Å². The molecule has 21 heavy (non-hydrogen) atoms. The Hall–Kier alpha value is -1.49. The van der Waals surface area contributed by atoms with E-state index < -0.39 is 5.97 Å². The molecule has 1 aromatic carbocycles. The number of anilines is 1. The maximum absolute atomic E-state index is 11.7. The first kappa shape index (κ1) is 13.2. The Morgan fingerprint density at radius 2 is 2.00 bits per heavy atom. The van der Waals surface area contributed by atoms with Crippen molar-refractivity contribution in [3.63, 3.8) is 0 Å². The summed E-state index contributed by atoms with van der Waals surface area (Å²) in [5, 5.41) is 10.4. The number of furan rings is 1. The summed E-state index contributed by atoms with van der Waals surface area (Å²) >= 11 is 3.53. The maximum atomic E-state index is 11.7. The van der Waals surface area contributed by atoms with Gasteiger partial charge >= 0.3 is 5.97 Å². The predicted molar refractivity (Wildman–Crippen MR) is 84.0 cm³/mol. The number of carboxylic acids is 1. The predicted octanol–water partition coefficient (Wildman–Crippen LogP) is 4.27. The molecule has 2 aromatic rings. The van der Waals surface area contributed by atoms with E-state index in [0.29, 0.717) is 11.0 Å². The van der Waals surface area contributed by atoms with Crippen LogP contribution < -0.4 is 4.90 Å². The summed E-state index contributed by atoms with van der Waals surface area (Å²) in [4.78, 5) is 13.9. The number of aromatic carboxylic acids is 1. The zero-order chi connectivity index (χ0) is 14.6. The van der Waals surface area contributed by atoms with Crippen molar-refractivity contribution in [2.75, 3.05) is 18.0 Å². The molecule has 1 aliphatic carbocycles. The van der Waals surface area contributed by atoms with E-state index in [4.69, 9.17) is 4.42 Å². The summed E-state index contributed by atoms with van der Waals surface area (Å²) < 4.78 is 6.33. The van der Waals surface area contributed by atoms with Crippen LogP contribution >= 0.6 is 15.9 Å². The van der Waals surface area contributed by atoms with Gasteiger partial charge < -0.3 is 14.4 Å². The van der Waals surface area contributed by atoms with Gasteiger partial charge in [0.25, 0.3) is 0 Å². The van der Waals surface area contributed by atoms with Crippen LogP contribution in [0.4, 0.5) is 5.69 Å². The number of carbonyl (C=O) groups is 1. The minimum atomic E-state index is -0.927. The number of nitrogens with zero attached hydrogens (tertiary/aromatic N) is 1. The van der Waals surface area contributed by atoms with Gasteiger partial charge in [0.2, 0.25) is 0 Å². The number of fused-ring (bicyclic) bond motifs is 1. The quantitative estimate of drug-likeness (QED) is 0.879. The summed E-state index contributed by atoms with van der Waals surface area (Å²) in [5.74, 6) is -0.927. The fourth-order valence-electron chi connectivity index (χ4n) is 3.43. The van der Waals surface area contributed by atoms with Crippen molar-refractivity contribution in [1.82, 2.24) is 0 Å². The Morgan fingerprint density at radius 3 is 2.62 bits per heavy atom. The lowest BCUT2D eigenvalue weighted by atomic mass is 9.93. The largest absolute Gasteiger partial charge is 0.477 e. The third-order valence-corrected chi connectivity index (χ3v) is 5.66. The van der Waals surface area contributed by atoms with E-state index >= 15 is 0 Å². The molecule has 1 N–H and O–H groups in total. The van der Waals surface area contributed by atoms with Crippen molar-refractivity contribution in [3.8, 4) is 0 Å². The normalized spacial score (nSPS) is 20.1. The molecule has 0 radical (unpaired) electrons. The number of halogens is 1. The molecule has 4 rings (SSSR count). The van der Waals surface area contributed by atoms with Gasteiger partial charge in [-0.15, -0.1) is 0 Å². The highest BCUT2D eigenvalue weighted by atomic mass is 79.9. The summed E-state index contributed by atoms with van der Waals surface area (Å²) in [6.45, 7) is 1.86. The summed E-state index contributed by atoms with van der Waals surface area (Å²) in [5.41, 5.74) is 2.09. The van der Waals surface area contributed by atoms with E-state index in [1.807, 2.05) is 6.07 Å². The SMILES string of the molecule is O=C(O)c1c(N2CCC3(CC2)CC3)cc(Br)c2ccoc12. The standard InChI is InChI=1S/C16H16BrNO3/c17-11-9-12(18-6-4-16(2-3-16)5-7-18)13(15(19)20)14-10(11)1-8-21-14/h1,8-9H,2-7H2,(H,19,20). The van der Waals surface area contributed by atoms with Gasteiger partial charge in [0.05, 0.1) is 12.0 Å². The van der Waals surface area contributed by atoms with Crippen LogP contribution in [0.2, 0.25) is 0 Å². The highest BCUT2D eigenvalue weighted by molar-refractivity contribution is 9.10. The molecule has 1 saturated carbocycles. The van der Waals surface area contributed by atoms with Gasteiger partial charge in [-0.3, -0.25) is 0 Å². The number of benzene rings is 1. The number of rotatable bonds is 2. The van der Waals surface area contributed by atoms with Gasteiger partial charge in [0, 0.05) is 22.9 Å². The smallest absolute Gasteiger partial charge is 0.341 e. The lowest BCUT2D eigenvalue weighted by molar-refractivity contribution is 0.0698. The number of hydrogen-bond acceptors (Lipinski definition) is 3. The highest BCUT2D eigenvalue weighted by Gasteiger charge is 2.44. The summed E-state index contributed by atoms with van der Waals surface area (Å²) in [6.07, 6.45) is 6.56. The average Bonchev–Trinajstić information content (AvgIpc) is 3.02. The Morgan fingerprint density at radius 1 is 1.29 bits per heavy atom. The second-order valence-electron chi connectivity index (χ2n) is 6.21. The van der Waals surface area contributed by atoms with Crippen molar-refractivity contribution in [3.05, 3.63) is 28.4 Å². The summed E-state index contributed by atoms with van der Waals surface area (Å²) in [6, 6.07) is 3.72. The molecule has 2 fully saturated rings. The minimum Gasteiger partial charge on any atom is -0.477 e. The zero-order valence-corrected chi connectivity index (χ0v) is 13.1. The molecule has 0 bridgehead atoms. The van der Waals surface area contributed by atoms with Crippen molar-refractivity contribution in [1.29, 1.82) is 0 Å². The van der Waals surface area contributed by atoms with Crippen LogP contribution in [0.5, 0.6) is 0 Å². The van der Waals surface area contributed by atoms with Crippen LogP contribution in [0.3, 0.4) is 0 Å². The molecule has 0 atom stereocenters. The van der Waals surface area contributed by atoms with Gasteiger partial charge in [-0.25, -0.2) is 4.79 Å². The fourth-order valence-corrected chi connectivity index (χ4v) is 3.96. The van der Waals surface area contributed by atoms with E-state index in [9.17, 15) is 9.90 Å². The maximum Gasteiger partial charge on any atom is 0.341 e. The first-order chi connectivity index (χ1) is 10.1. The Bertz CT molecular complexity index is 722. The van der Waals surface area contributed by atoms with Crippen LogP contribution in [-0.4, -0.2) is 24.2 Å². The van der Waals surface area contributed by atoms with Crippen molar-refractivity contribution < 1.29 is 14.3 Å². The van der Waals surface area contributed by atoms with Crippen LogP contribution in [0.25, 0.3) is 11.0 Å². The van der Waals surface area contributed by atoms with Crippen molar-refractivity contribution in [2.24, 2.45) is 5.41 Å². The van der Waals surface area contributed by atoms with Crippen molar-refractivity contribution in [2.45, 2.75) is 25.7 Å². The van der Waals surface area contributed by atoms with Crippen LogP contribution in [0.15, 0.2) is 27.3 Å². The first-order valence-corrected chi connectivity index (χ1v) is 8.07. The van der Waals surface area contributed by atoms with Crippen LogP contribution in [0.1, 0.15) is 36.0 Å². The molecule has 1 aliphatic heterocycles. The molecule has 1 saturated heterocycles. The Balaban J connectivity index is 1.80. The molecular weight excluding hydrogens is 334 g/mol. The lowest BCUT2D eigenvalue weighted by Gasteiger charge is -2.34. The molecule has 0 amide bonds. The van der Waals surface area contributed by atoms with Crippen molar-refractivity contribution >= 4 is 38.6 Å². The molecule has 2 aliphatic rings. The first-order valence-electron chi connectivity index (χ1n) is 7.28. The highest BCUT2D eigenvalue weighted by Crippen LogP contribution is 2.54. The summed E-state index contributed by atoms with van der Waals surface area (Å²) in [7, 11) is 0. The second kappa shape index (κ2) is 4.50. The fraction of sp³-hybridized carbons (Fsp3) is 0.438. The molecule has 110 valence electrons. The van der Waals surface area contributed by atoms with E-state index in [2.05, 4.69) is 20.8 Å². The van der Waals surface area contributed by atoms with Gasteiger partial charge in [-0.2, -0.15) is 0 Å². The molecule has 5 heteroatoms. The van der Waals surface area contributed by atoms with Gasteiger partial charge in [0.15, 0.2) is 5.58 Å². The average molecular weight is 350 g/mol. The minimum absolute atomic E-state index is 0.282. The number of carboxylic acid groups (broad SMARTS) is 1. The number of hydrogen-bond donors (Lipinski definition) is 1. The van der Waals surface area contributed by atoms with E-state index in [-0.39, 0.29) is 5.56 Å². The topological polar surface area (TPSA) is 53.7 Å². The number of piperidine rings is 1. The molecule has 2 heterocycles. The Kier molecular flexibility index (Phi) is 2.83. The monoisotopic (exact) mass is 349 g/mol. The molecular formula is C16H16BrNO3. The van der Waals surface area contributed by atoms with Gasteiger partial charge in [0.1, 0.15) is 5.56 Å². The van der Waals surface area contributed by atoms with Gasteiger partial charge in [-0.1, -0.05) is 0 Å². The van der Waals surface area contributed by atoms with E-state index in [0.717, 1.165) is 28.6 Å². The molecule has 4 nitrogen and oxygen atoms in total. The third kappa shape index (κ3) is 2.06. The second-order valence-corrected chi connectivity index (χ2v) is 7.06.